The van der Waals surface area contributed by atoms with E-state index in [2.05, 4.69) is 10.3 Å². The third-order valence-electron chi connectivity index (χ3n) is 1.55. The number of hydrogen-bond donors (Lipinski definition) is 1. The van der Waals surface area contributed by atoms with Crippen LogP contribution in [0.2, 0.25) is 10.0 Å². The molecule has 0 aromatic carbocycles. The molecule has 1 unspecified atom stereocenters. The number of nitrogens with zero attached hydrogens (tertiary/aromatic N) is 1. The van der Waals surface area contributed by atoms with Crippen LogP contribution in [-0.2, 0) is 0 Å². The van der Waals surface area contributed by atoms with E-state index in [0.29, 0.717) is 5.02 Å². The molecule has 6 heteroatoms. The standard InChI is InChI=1S/C8H8Cl2F2N2/c1-4(7(11)12)14-8-6(10)2-5(9)3-13-8/h2-4,7H,1H3,(H,13,14). The van der Waals surface area contributed by atoms with Crippen LogP contribution < -0.4 is 5.32 Å². The molecule has 0 spiro atoms. The topological polar surface area (TPSA) is 24.9 Å². The van der Waals surface area contributed by atoms with Crippen LogP contribution >= 0.6 is 23.2 Å². The molecule has 0 amide bonds. The summed E-state index contributed by atoms with van der Waals surface area (Å²) in [5.74, 6) is 0.212. The molecule has 0 bridgehead atoms. The van der Waals surface area contributed by atoms with Gasteiger partial charge in [0.25, 0.3) is 6.43 Å². The first-order chi connectivity index (χ1) is 6.50. The Morgan fingerprint density at radius 3 is 2.57 bits per heavy atom. The van der Waals surface area contributed by atoms with E-state index in [-0.39, 0.29) is 10.8 Å². The highest BCUT2D eigenvalue weighted by Gasteiger charge is 2.15. The van der Waals surface area contributed by atoms with Crippen LogP contribution in [-0.4, -0.2) is 17.5 Å². The molecule has 1 heterocycles. The maximum atomic E-state index is 12.2. The van der Waals surface area contributed by atoms with Gasteiger partial charge in [0, 0.05) is 6.20 Å². The Hall–Kier alpha value is -0.610. The zero-order valence-corrected chi connectivity index (χ0v) is 8.78. The number of pyridine rings is 1. The van der Waals surface area contributed by atoms with Crippen LogP contribution in [0.15, 0.2) is 12.3 Å². The lowest BCUT2D eigenvalue weighted by Gasteiger charge is -2.14. The minimum atomic E-state index is -2.47. The van der Waals surface area contributed by atoms with Crippen molar-refractivity contribution in [1.82, 2.24) is 4.98 Å². The van der Waals surface area contributed by atoms with Crippen molar-refractivity contribution >= 4 is 29.0 Å². The number of halogens is 4. The monoisotopic (exact) mass is 240 g/mol. The van der Waals surface area contributed by atoms with Crippen molar-refractivity contribution in [2.75, 3.05) is 5.32 Å². The van der Waals surface area contributed by atoms with E-state index in [1.54, 1.807) is 0 Å². The average molecular weight is 241 g/mol. The van der Waals surface area contributed by atoms with Crippen molar-refractivity contribution in [2.24, 2.45) is 0 Å². The lowest BCUT2D eigenvalue weighted by molar-refractivity contribution is 0.130. The molecule has 78 valence electrons. The van der Waals surface area contributed by atoms with E-state index in [9.17, 15) is 8.78 Å². The SMILES string of the molecule is CC(Nc1ncc(Cl)cc1Cl)C(F)F. The fraction of sp³-hybridized carbons (Fsp3) is 0.375. The van der Waals surface area contributed by atoms with E-state index >= 15 is 0 Å². The molecule has 0 fully saturated rings. The van der Waals surface area contributed by atoms with Gasteiger partial charge in [0.2, 0.25) is 0 Å². The maximum Gasteiger partial charge on any atom is 0.258 e. The normalized spacial score (nSPS) is 13.0. The van der Waals surface area contributed by atoms with Crippen LogP contribution in [0.5, 0.6) is 0 Å². The fourth-order valence-corrected chi connectivity index (χ4v) is 1.23. The van der Waals surface area contributed by atoms with Gasteiger partial charge in [0.1, 0.15) is 5.82 Å². The van der Waals surface area contributed by atoms with E-state index in [4.69, 9.17) is 23.2 Å². The number of rotatable bonds is 3. The van der Waals surface area contributed by atoms with Gasteiger partial charge in [-0.25, -0.2) is 13.8 Å². The number of hydrogen-bond acceptors (Lipinski definition) is 2. The number of nitrogens with one attached hydrogen (secondary N) is 1. The summed E-state index contributed by atoms with van der Waals surface area (Å²) in [6.45, 7) is 1.34. The van der Waals surface area contributed by atoms with Crippen molar-refractivity contribution in [3.8, 4) is 0 Å². The summed E-state index contributed by atoms with van der Waals surface area (Å²) in [5, 5.41) is 3.08. The van der Waals surface area contributed by atoms with Crippen LogP contribution in [0.25, 0.3) is 0 Å². The van der Waals surface area contributed by atoms with Crippen molar-refractivity contribution in [3.05, 3.63) is 22.3 Å². The third-order valence-corrected chi connectivity index (χ3v) is 2.04. The molecule has 1 N–H and O–H groups in total. The Kier molecular flexibility index (Phi) is 3.89. The first kappa shape index (κ1) is 11.5. The van der Waals surface area contributed by atoms with Gasteiger partial charge in [-0.3, -0.25) is 0 Å². The second-order valence-electron chi connectivity index (χ2n) is 2.75. The minimum absolute atomic E-state index is 0.212. The molecule has 1 rings (SSSR count). The van der Waals surface area contributed by atoms with Crippen LogP contribution in [0, 0.1) is 0 Å². The molecule has 0 aliphatic carbocycles. The van der Waals surface area contributed by atoms with E-state index in [0.717, 1.165) is 0 Å². The lowest BCUT2D eigenvalue weighted by Crippen LogP contribution is -2.24. The van der Waals surface area contributed by atoms with E-state index in [1.807, 2.05) is 0 Å². The molecule has 1 aromatic rings. The zero-order valence-electron chi connectivity index (χ0n) is 7.27. The van der Waals surface area contributed by atoms with Crippen LogP contribution in [0.1, 0.15) is 6.92 Å². The number of aromatic nitrogens is 1. The van der Waals surface area contributed by atoms with Crippen LogP contribution in [0.4, 0.5) is 14.6 Å². The molecule has 0 aliphatic rings. The van der Waals surface area contributed by atoms with Crippen LogP contribution in [0.3, 0.4) is 0 Å². The van der Waals surface area contributed by atoms with E-state index in [1.165, 1.54) is 19.2 Å². The lowest BCUT2D eigenvalue weighted by atomic mass is 10.3. The Morgan fingerprint density at radius 1 is 1.43 bits per heavy atom. The average Bonchev–Trinajstić information content (AvgIpc) is 2.09. The van der Waals surface area contributed by atoms with Gasteiger partial charge in [0.15, 0.2) is 0 Å². The summed E-state index contributed by atoms with van der Waals surface area (Å²) in [7, 11) is 0. The molecule has 1 aromatic heterocycles. The molecule has 0 radical (unpaired) electrons. The molecule has 0 saturated carbocycles. The van der Waals surface area contributed by atoms with Crippen molar-refractivity contribution in [3.63, 3.8) is 0 Å². The second-order valence-corrected chi connectivity index (χ2v) is 3.60. The predicted molar refractivity (Wildman–Crippen MR) is 53.3 cm³/mol. The molecular formula is C8H8Cl2F2N2. The Bertz CT molecular complexity index is 320. The molecule has 0 saturated heterocycles. The zero-order chi connectivity index (χ0) is 10.7. The number of anilines is 1. The smallest absolute Gasteiger partial charge is 0.258 e. The van der Waals surface area contributed by atoms with Crippen molar-refractivity contribution in [2.45, 2.75) is 19.4 Å². The highest BCUT2D eigenvalue weighted by molar-refractivity contribution is 6.35. The highest BCUT2D eigenvalue weighted by Crippen LogP contribution is 2.23. The Balaban J connectivity index is 2.77. The summed E-state index contributed by atoms with van der Waals surface area (Å²) < 4.78 is 24.3. The van der Waals surface area contributed by atoms with E-state index < -0.39 is 12.5 Å². The van der Waals surface area contributed by atoms with Gasteiger partial charge in [-0.15, -0.1) is 0 Å². The molecule has 14 heavy (non-hydrogen) atoms. The third kappa shape index (κ3) is 2.96. The van der Waals surface area contributed by atoms with Gasteiger partial charge in [-0.2, -0.15) is 0 Å². The molecular weight excluding hydrogens is 233 g/mol. The summed E-state index contributed by atoms with van der Waals surface area (Å²) in [6.07, 6.45) is -1.13. The highest BCUT2D eigenvalue weighted by atomic mass is 35.5. The number of alkyl halides is 2. The van der Waals surface area contributed by atoms with Gasteiger partial charge < -0.3 is 5.32 Å². The summed E-state index contributed by atoms with van der Waals surface area (Å²) in [6, 6.07) is 0.442. The largest absolute Gasteiger partial charge is 0.361 e. The van der Waals surface area contributed by atoms with Gasteiger partial charge >= 0.3 is 0 Å². The first-order valence-electron chi connectivity index (χ1n) is 3.86. The summed E-state index contributed by atoms with van der Waals surface area (Å²) in [5.41, 5.74) is 0. The summed E-state index contributed by atoms with van der Waals surface area (Å²) in [4.78, 5) is 3.79. The maximum absolute atomic E-state index is 12.2. The van der Waals surface area contributed by atoms with Gasteiger partial charge in [0.05, 0.1) is 16.1 Å². The predicted octanol–water partition coefficient (Wildman–Crippen LogP) is 3.45. The Labute approximate surface area is 90.2 Å². The van der Waals surface area contributed by atoms with Gasteiger partial charge in [-0.05, 0) is 13.0 Å². The van der Waals surface area contributed by atoms with Gasteiger partial charge in [-0.1, -0.05) is 23.2 Å². The summed E-state index contributed by atoms with van der Waals surface area (Å²) >= 11 is 11.3. The molecule has 1 atom stereocenters. The molecule has 0 aliphatic heterocycles. The minimum Gasteiger partial charge on any atom is -0.361 e. The van der Waals surface area contributed by atoms with Crippen molar-refractivity contribution in [1.29, 1.82) is 0 Å². The fourth-order valence-electron chi connectivity index (χ4n) is 0.799. The first-order valence-corrected chi connectivity index (χ1v) is 4.62. The van der Waals surface area contributed by atoms with Crippen molar-refractivity contribution < 1.29 is 8.78 Å². The molecule has 2 nitrogen and oxygen atoms in total. The quantitative estimate of drug-likeness (QED) is 0.876. The Morgan fingerprint density at radius 2 is 2.07 bits per heavy atom. The second kappa shape index (κ2) is 4.75.